The van der Waals surface area contributed by atoms with Crippen molar-refractivity contribution in [1.29, 1.82) is 0 Å². The summed E-state index contributed by atoms with van der Waals surface area (Å²) < 4.78 is 5.05. The van der Waals surface area contributed by atoms with Crippen LogP contribution < -0.4 is 5.32 Å². The summed E-state index contributed by atoms with van der Waals surface area (Å²) in [6.07, 6.45) is 0. The van der Waals surface area contributed by atoms with Crippen LogP contribution in [0.15, 0.2) is 24.3 Å². The molecule has 0 aliphatic rings. The Bertz CT molecular complexity index is 527. The van der Waals surface area contributed by atoms with Gasteiger partial charge in [-0.05, 0) is 17.3 Å². The first-order chi connectivity index (χ1) is 9.81. The van der Waals surface area contributed by atoms with Gasteiger partial charge in [-0.3, -0.25) is 4.79 Å². The first-order valence-corrected chi connectivity index (χ1v) is 6.12. The maximum absolute atomic E-state index is 11.8. The van der Waals surface area contributed by atoms with E-state index in [0.717, 1.165) is 5.56 Å². The van der Waals surface area contributed by atoms with E-state index in [-0.39, 0.29) is 19.1 Å². The van der Waals surface area contributed by atoms with E-state index in [9.17, 15) is 4.79 Å². The Kier molecular flexibility index (Phi) is 5.15. The topological polar surface area (TPSA) is 113 Å². The maximum Gasteiger partial charge on any atom is 0.251 e. The molecule has 0 aliphatic carbocycles. The summed E-state index contributed by atoms with van der Waals surface area (Å²) >= 11 is 0. The van der Waals surface area contributed by atoms with Crippen LogP contribution in [0.2, 0.25) is 0 Å². The summed E-state index contributed by atoms with van der Waals surface area (Å²) in [4.78, 5) is 11.8. The lowest BCUT2D eigenvalue weighted by atomic mass is 10.1. The van der Waals surface area contributed by atoms with Crippen LogP contribution in [0.4, 0.5) is 0 Å². The molecule has 0 unspecified atom stereocenters. The van der Waals surface area contributed by atoms with Gasteiger partial charge in [-0.15, -0.1) is 10.2 Å². The van der Waals surface area contributed by atoms with E-state index in [2.05, 4.69) is 25.9 Å². The van der Waals surface area contributed by atoms with Gasteiger partial charge in [0.25, 0.3) is 5.91 Å². The van der Waals surface area contributed by atoms with E-state index in [4.69, 9.17) is 9.84 Å². The summed E-state index contributed by atoms with van der Waals surface area (Å²) in [5.74, 6) is 0.298. The summed E-state index contributed by atoms with van der Waals surface area (Å²) in [5.41, 5.74) is 1.32. The molecule has 0 saturated heterocycles. The van der Waals surface area contributed by atoms with Crippen molar-refractivity contribution >= 4 is 5.91 Å². The lowest BCUT2D eigenvalue weighted by Crippen LogP contribution is -2.27. The SMILES string of the molecule is O=C(NCCOCCO)c1ccc(-c2nn[nH]n2)cc1. The Hall–Kier alpha value is -2.32. The van der Waals surface area contributed by atoms with Gasteiger partial charge in [0.05, 0.1) is 19.8 Å². The van der Waals surface area contributed by atoms with E-state index in [1.54, 1.807) is 24.3 Å². The Morgan fingerprint density at radius 1 is 1.30 bits per heavy atom. The average molecular weight is 277 g/mol. The number of aromatic amines is 1. The zero-order valence-electron chi connectivity index (χ0n) is 10.7. The second kappa shape index (κ2) is 7.31. The summed E-state index contributed by atoms with van der Waals surface area (Å²) in [6.45, 7) is 1.01. The van der Waals surface area contributed by atoms with Gasteiger partial charge in [-0.1, -0.05) is 12.1 Å². The third kappa shape index (κ3) is 3.84. The Labute approximate surface area is 115 Å². The van der Waals surface area contributed by atoms with Gasteiger partial charge in [-0.25, -0.2) is 0 Å². The van der Waals surface area contributed by atoms with Gasteiger partial charge in [0.2, 0.25) is 5.82 Å². The van der Waals surface area contributed by atoms with Crippen molar-refractivity contribution < 1.29 is 14.6 Å². The van der Waals surface area contributed by atoms with Crippen LogP contribution in [0.5, 0.6) is 0 Å². The number of amides is 1. The van der Waals surface area contributed by atoms with Crippen LogP contribution in [-0.4, -0.2) is 58.0 Å². The fourth-order valence-electron chi connectivity index (χ4n) is 1.56. The quantitative estimate of drug-likeness (QED) is 0.594. The number of aromatic nitrogens is 4. The predicted octanol–water partition coefficient (Wildman–Crippen LogP) is -0.395. The summed E-state index contributed by atoms with van der Waals surface area (Å²) in [6, 6.07) is 6.88. The van der Waals surface area contributed by atoms with E-state index < -0.39 is 0 Å². The van der Waals surface area contributed by atoms with Crippen molar-refractivity contribution in [3.63, 3.8) is 0 Å². The monoisotopic (exact) mass is 277 g/mol. The molecule has 8 heteroatoms. The molecule has 0 aliphatic heterocycles. The molecule has 0 atom stereocenters. The Morgan fingerprint density at radius 2 is 2.10 bits per heavy atom. The van der Waals surface area contributed by atoms with E-state index in [1.165, 1.54) is 0 Å². The molecule has 0 saturated carbocycles. The number of benzene rings is 1. The molecule has 1 amide bonds. The smallest absolute Gasteiger partial charge is 0.251 e. The number of rotatable bonds is 7. The molecule has 0 bridgehead atoms. The molecule has 106 valence electrons. The van der Waals surface area contributed by atoms with Crippen LogP contribution >= 0.6 is 0 Å². The Morgan fingerprint density at radius 3 is 2.75 bits per heavy atom. The van der Waals surface area contributed by atoms with Gasteiger partial charge in [0.15, 0.2) is 0 Å². The van der Waals surface area contributed by atoms with Gasteiger partial charge in [0, 0.05) is 17.7 Å². The van der Waals surface area contributed by atoms with Crippen molar-refractivity contribution in [2.45, 2.75) is 0 Å². The zero-order chi connectivity index (χ0) is 14.2. The van der Waals surface area contributed by atoms with Crippen molar-refractivity contribution in [2.24, 2.45) is 0 Å². The maximum atomic E-state index is 11.8. The number of ether oxygens (including phenoxy) is 1. The van der Waals surface area contributed by atoms with Crippen LogP contribution in [0, 0.1) is 0 Å². The lowest BCUT2D eigenvalue weighted by Gasteiger charge is -2.06. The minimum atomic E-state index is -0.183. The molecule has 2 rings (SSSR count). The molecule has 1 heterocycles. The highest BCUT2D eigenvalue weighted by Crippen LogP contribution is 2.13. The summed E-state index contributed by atoms with van der Waals surface area (Å²) in [7, 11) is 0. The third-order valence-electron chi connectivity index (χ3n) is 2.52. The van der Waals surface area contributed by atoms with Crippen LogP contribution in [0.3, 0.4) is 0 Å². The van der Waals surface area contributed by atoms with E-state index >= 15 is 0 Å². The number of H-pyrrole nitrogens is 1. The molecular weight excluding hydrogens is 262 g/mol. The second-order valence-electron chi connectivity index (χ2n) is 3.90. The van der Waals surface area contributed by atoms with Gasteiger partial charge < -0.3 is 15.2 Å². The number of nitrogens with one attached hydrogen (secondary N) is 2. The number of carbonyl (C=O) groups excluding carboxylic acids is 1. The number of hydrogen-bond donors (Lipinski definition) is 3. The third-order valence-corrected chi connectivity index (χ3v) is 2.52. The van der Waals surface area contributed by atoms with Crippen LogP contribution in [0.1, 0.15) is 10.4 Å². The first-order valence-electron chi connectivity index (χ1n) is 6.12. The molecule has 3 N–H and O–H groups in total. The normalized spacial score (nSPS) is 10.4. The van der Waals surface area contributed by atoms with Crippen molar-refractivity contribution in [1.82, 2.24) is 25.9 Å². The van der Waals surface area contributed by atoms with Crippen LogP contribution in [0.25, 0.3) is 11.4 Å². The highest BCUT2D eigenvalue weighted by molar-refractivity contribution is 5.94. The van der Waals surface area contributed by atoms with Crippen LogP contribution in [-0.2, 0) is 4.74 Å². The van der Waals surface area contributed by atoms with Gasteiger partial charge in [0.1, 0.15) is 0 Å². The fourth-order valence-corrected chi connectivity index (χ4v) is 1.56. The fraction of sp³-hybridized carbons (Fsp3) is 0.333. The number of aliphatic hydroxyl groups excluding tert-OH is 1. The largest absolute Gasteiger partial charge is 0.394 e. The number of aliphatic hydroxyl groups is 1. The minimum absolute atomic E-state index is 0.0223. The number of carbonyl (C=O) groups is 1. The van der Waals surface area contributed by atoms with E-state index in [0.29, 0.717) is 24.5 Å². The molecule has 1 aromatic carbocycles. The molecule has 2 aromatic rings. The molecule has 8 nitrogen and oxygen atoms in total. The molecule has 0 radical (unpaired) electrons. The molecular formula is C12H15N5O3. The van der Waals surface area contributed by atoms with Crippen molar-refractivity contribution in [3.05, 3.63) is 29.8 Å². The lowest BCUT2D eigenvalue weighted by molar-refractivity contribution is 0.0838. The second-order valence-corrected chi connectivity index (χ2v) is 3.90. The standard InChI is InChI=1S/C12H15N5O3/c18-6-8-20-7-5-13-12(19)10-3-1-9(2-4-10)11-14-16-17-15-11/h1-4,18H,5-8H2,(H,13,19)(H,14,15,16,17). The summed E-state index contributed by atoms with van der Waals surface area (Å²) in [5, 5.41) is 24.8. The number of tetrazole rings is 1. The molecule has 20 heavy (non-hydrogen) atoms. The van der Waals surface area contributed by atoms with Gasteiger partial charge >= 0.3 is 0 Å². The highest BCUT2D eigenvalue weighted by atomic mass is 16.5. The molecule has 0 spiro atoms. The molecule has 1 aromatic heterocycles. The highest BCUT2D eigenvalue weighted by Gasteiger charge is 2.07. The first kappa shape index (κ1) is 14.1. The molecule has 0 fully saturated rings. The predicted molar refractivity (Wildman–Crippen MR) is 69.9 cm³/mol. The van der Waals surface area contributed by atoms with E-state index in [1.807, 2.05) is 0 Å². The zero-order valence-corrected chi connectivity index (χ0v) is 10.7. The van der Waals surface area contributed by atoms with Gasteiger partial charge in [-0.2, -0.15) is 5.21 Å². The van der Waals surface area contributed by atoms with Crippen molar-refractivity contribution in [2.75, 3.05) is 26.4 Å². The number of hydrogen-bond acceptors (Lipinski definition) is 6. The Balaban J connectivity index is 1.85. The van der Waals surface area contributed by atoms with Crippen molar-refractivity contribution in [3.8, 4) is 11.4 Å². The average Bonchev–Trinajstić information content (AvgIpc) is 3.01. The number of nitrogens with zero attached hydrogens (tertiary/aromatic N) is 3. The minimum Gasteiger partial charge on any atom is -0.394 e.